The number of para-hydroxylation sites is 1. The number of ether oxygens (including phenoxy) is 2. The quantitative estimate of drug-likeness (QED) is 0.815. The molecule has 5 nitrogen and oxygen atoms in total. The lowest BCUT2D eigenvalue weighted by Crippen LogP contribution is -2.44. The van der Waals surface area contributed by atoms with Crippen molar-refractivity contribution in [2.45, 2.75) is 12.0 Å². The van der Waals surface area contributed by atoms with Crippen LogP contribution in [0.5, 0.6) is 5.75 Å². The second-order valence-electron chi connectivity index (χ2n) is 4.52. The van der Waals surface area contributed by atoms with E-state index in [1.54, 1.807) is 6.07 Å². The first-order chi connectivity index (χ1) is 9.09. The molecule has 1 aromatic rings. The first kappa shape index (κ1) is 13.8. The summed E-state index contributed by atoms with van der Waals surface area (Å²) >= 11 is 0. The van der Waals surface area contributed by atoms with Crippen molar-refractivity contribution in [1.29, 1.82) is 0 Å². The van der Waals surface area contributed by atoms with E-state index in [9.17, 15) is 14.3 Å². The lowest BCUT2D eigenvalue weighted by atomic mass is 10.0. The van der Waals surface area contributed by atoms with E-state index in [0.717, 1.165) is 0 Å². The second-order valence-corrected chi connectivity index (χ2v) is 4.52. The fraction of sp³-hybridized carbons (Fsp3) is 0.462. The maximum Gasteiger partial charge on any atom is 0.258 e. The molecule has 0 saturated carbocycles. The molecule has 0 spiro atoms. The van der Waals surface area contributed by atoms with Crippen LogP contribution in [0, 0.1) is 5.82 Å². The van der Waals surface area contributed by atoms with Crippen molar-refractivity contribution in [3.63, 3.8) is 0 Å². The third-order valence-electron chi connectivity index (χ3n) is 2.89. The SMILES string of the molecule is O=C(COc1ccccc1F)NCC1(O)CCOC1. The Morgan fingerprint density at radius 2 is 2.32 bits per heavy atom. The van der Waals surface area contributed by atoms with Crippen LogP contribution < -0.4 is 10.1 Å². The molecule has 0 radical (unpaired) electrons. The molecule has 104 valence electrons. The van der Waals surface area contributed by atoms with Crippen LogP contribution in [0.4, 0.5) is 4.39 Å². The molecule has 1 fully saturated rings. The van der Waals surface area contributed by atoms with Gasteiger partial charge < -0.3 is 19.9 Å². The summed E-state index contributed by atoms with van der Waals surface area (Å²) < 4.78 is 23.3. The number of aliphatic hydroxyl groups is 1. The predicted molar refractivity (Wildman–Crippen MR) is 65.3 cm³/mol. The van der Waals surface area contributed by atoms with Crippen LogP contribution >= 0.6 is 0 Å². The number of benzene rings is 1. The summed E-state index contributed by atoms with van der Waals surface area (Å²) in [5, 5.41) is 12.5. The van der Waals surface area contributed by atoms with E-state index in [1.165, 1.54) is 18.2 Å². The van der Waals surface area contributed by atoms with Gasteiger partial charge in [-0.25, -0.2) is 4.39 Å². The van der Waals surface area contributed by atoms with E-state index < -0.39 is 17.3 Å². The van der Waals surface area contributed by atoms with Gasteiger partial charge in [-0.2, -0.15) is 0 Å². The van der Waals surface area contributed by atoms with E-state index in [2.05, 4.69) is 5.32 Å². The summed E-state index contributed by atoms with van der Waals surface area (Å²) in [6, 6.07) is 5.86. The number of rotatable bonds is 5. The van der Waals surface area contributed by atoms with Crippen molar-refractivity contribution in [3.8, 4) is 5.75 Å². The maximum absolute atomic E-state index is 13.2. The fourth-order valence-electron chi connectivity index (χ4n) is 1.76. The Kier molecular flexibility index (Phi) is 4.34. The first-order valence-corrected chi connectivity index (χ1v) is 6.03. The Morgan fingerprint density at radius 1 is 1.53 bits per heavy atom. The molecular weight excluding hydrogens is 253 g/mol. The monoisotopic (exact) mass is 269 g/mol. The Hall–Kier alpha value is -1.66. The van der Waals surface area contributed by atoms with Gasteiger partial charge in [-0.15, -0.1) is 0 Å². The lowest BCUT2D eigenvalue weighted by molar-refractivity contribution is -0.124. The minimum absolute atomic E-state index is 0.0283. The molecule has 1 amide bonds. The molecule has 6 heteroatoms. The Morgan fingerprint density at radius 3 is 3.00 bits per heavy atom. The molecular formula is C13H16FNO4. The smallest absolute Gasteiger partial charge is 0.258 e. The molecule has 1 heterocycles. The van der Waals surface area contributed by atoms with Crippen molar-refractivity contribution >= 4 is 5.91 Å². The average Bonchev–Trinajstić information content (AvgIpc) is 2.83. The van der Waals surface area contributed by atoms with Gasteiger partial charge in [0, 0.05) is 19.6 Å². The topological polar surface area (TPSA) is 67.8 Å². The van der Waals surface area contributed by atoms with E-state index in [0.29, 0.717) is 13.0 Å². The second kappa shape index (κ2) is 5.99. The molecule has 19 heavy (non-hydrogen) atoms. The van der Waals surface area contributed by atoms with Crippen molar-refractivity contribution in [1.82, 2.24) is 5.32 Å². The molecule has 0 bridgehead atoms. The first-order valence-electron chi connectivity index (χ1n) is 6.03. The summed E-state index contributed by atoms with van der Waals surface area (Å²) in [7, 11) is 0. The number of halogens is 1. The molecule has 1 saturated heterocycles. The van der Waals surface area contributed by atoms with Gasteiger partial charge in [0.05, 0.1) is 6.61 Å². The van der Waals surface area contributed by atoms with E-state index in [4.69, 9.17) is 9.47 Å². The van der Waals surface area contributed by atoms with Crippen molar-refractivity contribution in [2.24, 2.45) is 0 Å². The molecule has 1 aromatic carbocycles. The van der Waals surface area contributed by atoms with Crippen LogP contribution in [0.3, 0.4) is 0 Å². The highest BCUT2D eigenvalue weighted by molar-refractivity contribution is 5.77. The highest BCUT2D eigenvalue weighted by Crippen LogP contribution is 2.17. The van der Waals surface area contributed by atoms with Crippen LogP contribution in [0.15, 0.2) is 24.3 Å². The third kappa shape index (κ3) is 3.90. The van der Waals surface area contributed by atoms with Crippen LogP contribution in [-0.4, -0.2) is 43.0 Å². The van der Waals surface area contributed by atoms with Gasteiger partial charge in [0.25, 0.3) is 5.91 Å². The summed E-state index contributed by atoms with van der Waals surface area (Å²) in [6.45, 7) is 0.504. The van der Waals surface area contributed by atoms with Gasteiger partial charge in [-0.3, -0.25) is 4.79 Å². The highest BCUT2D eigenvalue weighted by atomic mass is 19.1. The number of carbonyl (C=O) groups is 1. The van der Waals surface area contributed by atoms with E-state index in [-0.39, 0.29) is 25.5 Å². The zero-order valence-electron chi connectivity index (χ0n) is 10.4. The van der Waals surface area contributed by atoms with Crippen LogP contribution in [0.1, 0.15) is 6.42 Å². The van der Waals surface area contributed by atoms with Crippen LogP contribution in [-0.2, 0) is 9.53 Å². The van der Waals surface area contributed by atoms with Gasteiger partial charge >= 0.3 is 0 Å². The number of amides is 1. The summed E-state index contributed by atoms with van der Waals surface area (Å²) in [4.78, 5) is 11.5. The Balaban J connectivity index is 1.74. The van der Waals surface area contributed by atoms with Gasteiger partial charge in [0.1, 0.15) is 5.60 Å². The zero-order chi connectivity index (χ0) is 13.7. The van der Waals surface area contributed by atoms with Gasteiger partial charge in [0.15, 0.2) is 18.2 Å². The Labute approximate surface area is 110 Å². The fourth-order valence-corrected chi connectivity index (χ4v) is 1.76. The summed E-state index contributed by atoms with van der Waals surface area (Å²) in [5.41, 5.74) is -1.01. The minimum Gasteiger partial charge on any atom is -0.481 e. The van der Waals surface area contributed by atoms with E-state index >= 15 is 0 Å². The lowest BCUT2D eigenvalue weighted by Gasteiger charge is -2.20. The third-order valence-corrected chi connectivity index (χ3v) is 2.89. The predicted octanol–water partition coefficient (Wildman–Crippen LogP) is 0.472. The molecule has 1 atom stereocenters. The molecule has 1 unspecified atom stereocenters. The normalized spacial score (nSPS) is 22.2. The number of carbonyl (C=O) groups excluding carboxylic acids is 1. The standard InChI is InChI=1S/C13H16FNO4/c14-10-3-1-2-4-11(10)19-7-12(16)15-8-13(17)5-6-18-9-13/h1-4,17H,5-9H2,(H,15,16). The molecule has 0 aliphatic carbocycles. The number of hydrogen-bond acceptors (Lipinski definition) is 4. The number of nitrogens with one attached hydrogen (secondary N) is 1. The molecule has 0 aromatic heterocycles. The van der Waals surface area contributed by atoms with Gasteiger partial charge in [0.2, 0.25) is 0 Å². The average molecular weight is 269 g/mol. The maximum atomic E-state index is 13.2. The van der Waals surface area contributed by atoms with Crippen molar-refractivity contribution in [2.75, 3.05) is 26.4 Å². The molecule has 1 aliphatic rings. The van der Waals surface area contributed by atoms with Crippen molar-refractivity contribution in [3.05, 3.63) is 30.1 Å². The van der Waals surface area contributed by atoms with Gasteiger partial charge in [-0.05, 0) is 12.1 Å². The van der Waals surface area contributed by atoms with Crippen molar-refractivity contribution < 1.29 is 23.8 Å². The van der Waals surface area contributed by atoms with Gasteiger partial charge in [-0.1, -0.05) is 12.1 Å². The summed E-state index contributed by atoms with van der Waals surface area (Å²) in [5.74, 6) is -0.901. The number of hydrogen-bond donors (Lipinski definition) is 2. The van der Waals surface area contributed by atoms with E-state index in [1.807, 2.05) is 0 Å². The zero-order valence-corrected chi connectivity index (χ0v) is 10.4. The van der Waals surface area contributed by atoms with Crippen LogP contribution in [0.25, 0.3) is 0 Å². The highest BCUT2D eigenvalue weighted by Gasteiger charge is 2.32. The molecule has 2 N–H and O–H groups in total. The largest absolute Gasteiger partial charge is 0.481 e. The minimum atomic E-state index is -1.01. The summed E-state index contributed by atoms with van der Waals surface area (Å²) in [6.07, 6.45) is 0.488. The Bertz CT molecular complexity index is 446. The van der Waals surface area contributed by atoms with Crippen LogP contribution in [0.2, 0.25) is 0 Å². The molecule has 2 rings (SSSR count). The molecule has 1 aliphatic heterocycles.